The average molecular weight is 301 g/mol. The third-order valence-electron chi connectivity index (χ3n) is 3.93. The highest BCUT2D eigenvalue weighted by Crippen LogP contribution is 2.32. The predicted molar refractivity (Wildman–Crippen MR) is 83.1 cm³/mol. The highest BCUT2D eigenvalue weighted by molar-refractivity contribution is 6.30. The Labute approximate surface area is 129 Å². The Balaban J connectivity index is 1.73. The number of carbonyl (C=O) groups excluding carboxylic acids is 1. The number of rotatable bonds is 3. The van der Waals surface area contributed by atoms with Crippen LogP contribution in [0.5, 0.6) is 0 Å². The van der Waals surface area contributed by atoms with E-state index >= 15 is 0 Å². The first-order valence-corrected chi connectivity index (χ1v) is 7.55. The second-order valence-corrected chi connectivity index (χ2v) is 5.77. The molecular formula is C17H17ClN2O. The molecule has 1 aliphatic heterocycles. The van der Waals surface area contributed by atoms with E-state index < -0.39 is 0 Å². The van der Waals surface area contributed by atoms with Crippen LogP contribution in [0.25, 0.3) is 0 Å². The molecule has 2 heterocycles. The van der Waals surface area contributed by atoms with Gasteiger partial charge in [-0.05, 0) is 48.2 Å². The van der Waals surface area contributed by atoms with Crippen molar-refractivity contribution < 1.29 is 4.79 Å². The standard InChI is InChI=1S/C17H17ClN2O/c18-15-5-3-13(4-6-15)12-17(21)20-11-1-2-16(20)14-7-9-19-10-8-14/h3-10,16H,1-2,11-12H2. The molecule has 0 bridgehead atoms. The second-order valence-electron chi connectivity index (χ2n) is 5.33. The van der Waals surface area contributed by atoms with Crippen molar-refractivity contribution in [1.29, 1.82) is 0 Å². The third kappa shape index (κ3) is 3.24. The van der Waals surface area contributed by atoms with Gasteiger partial charge in [0.1, 0.15) is 0 Å². The molecule has 1 atom stereocenters. The van der Waals surface area contributed by atoms with Crippen LogP contribution in [0, 0.1) is 0 Å². The number of aromatic nitrogens is 1. The van der Waals surface area contributed by atoms with Crippen LogP contribution in [0.4, 0.5) is 0 Å². The van der Waals surface area contributed by atoms with E-state index in [0.717, 1.165) is 24.9 Å². The van der Waals surface area contributed by atoms with Crippen molar-refractivity contribution in [2.75, 3.05) is 6.54 Å². The summed E-state index contributed by atoms with van der Waals surface area (Å²) in [5.41, 5.74) is 2.18. The van der Waals surface area contributed by atoms with Crippen LogP contribution in [-0.4, -0.2) is 22.3 Å². The van der Waals surface area contributed by atoms with Gasteiger partial charge in [-0.15, -0.1) is 0 Å². The summed E-state index contributed by atoms with van der Waals surface area (Å²) in [6, 6.07) is 11.7. The van der Waals surface area contributed by atoms with Gasteiger partial charge in [-0.25, -0.2) is 0 Å². The van der Waals surface area contributed by atoms with Gasteiger partial charge in [-0.3, -0.25) is 9.78 Å². The van der Waals surface area contributed by atoms with Crippen molar-refractivity contribution in [2.45, 2.75) is 25.3 Å². The quantitative estimate of drug-likeness (QED) is 0.867. The minimum atomic E-state index is 0.177. The van der Waals surface area contributed by atoms with Gasteiger partial charge in [0, 0.05) is 24.0 Å². The summed E-state index contributed by atoms with van der Waals surface area (Å²) in [4.78, 5) is 18.6. The fraction of sp³-hybridized carbons (Fsp3) is 0.294. The predicted octanol–water partition coefficient (Wildman–Crippen LogP) is 3.64. The Kier molecular flexibility index (Phi) is 4.20. The molecule has 2 aromatic rings. The van der Waals surface area contributed by atoms with Crippen molar-refractivity contribution in [3.8, 4) is 0 Å². The first-order chi connectivity index (χ1) is 10.2. The number of carbonyl (C=O) groups is 1. The highest BCUT2D eigenvalue weighted by Gasteiger charge is 2.29. The maximum Gasteiger partial charge on any atom is 0.227 e. The zero-order valence-corrected chi connectivity index (χ0v) is 12.5. The summed E-state index contributed by atoms with van der Waals surface area (Å²) in [6.07, 6.45) is 6.08. The van der Waals surface area contributed by atoms with Crippen molar-refractivity contribution in [1.82, 2.24) is 9.88 Å². The van der Waals surface area contributed by atoms with Crippen molar-refractivity contribution in [2.24, 2.45) is 0 Å². The maximum absolute atomic E-state index is 12.6. The number of likely N-dealkylation sites (tertiary alicyclic amines) is 1. The number of benzene rings is 1. The van der Waals surface area contributed by atoms with E-state index in [1.165, 1.54) is 5.56 Å². The fourth-order valence-corrected chi connectivity index (χ4v) is 3.00. The Bertz CT molecular complexity index is 612. The van der Waals surface area contributed by atoms with Crippen molar-refractivity contribution >= 4 is 17.5 Å². The number of halogens is 1. The first kappa shape index (κ1) is 14.1. The molecule has 3 nitrogen and oxygen atoms in total. The molecule has 1 aromatic carbocycles. The minimum Gasteiger partial charge on any atom is -0.335 e. The van der Waals surface area contributed by atoms with E-state index in [0.29, 0.717) is 11.4 Å². The topological polar surface area (TPSA) is 33.2 Å². The molecule has 1 aromatic heterocycles. The molecule has 1 amide bonds. The number of hydrogen-bond donors (Lipinski definition) is 0. The van der Waals surface area contributed by atoms with Crippen LogP contribution in [0.15, 0.2) is 48.8 Å². The molecule has 1 unspecified atom stereocenters. The van der Waals surface area contributed by atoms with E-state index in [1.54, 1.807) is 12.4 Å². The molecule has 0 spiro atoms. The molecule has 0 saturated carbocycles. The molecule has 0 N–H and O–H groups in total. The second kappa shape index (κ2) is 6.27. The lowest BCUT2D eigenvalue weighted by atomic mass is 10.1. The zero-order valence-electron chi connectivity index (χ0n) is 11.7. The molecule has 1 saturated heterocycles. The Hall–Kier alpha value is -1.87. The number of pyridine rings is 1. The van der Waals surface area contributed by atoms with Gasteiger partial charge in [0.2, 0.25) is 5.91 Å². The summed E-state index contributed by atoms with van der Waals surface area (Å²) in [5, 5.41) is 0.696. The molecular weight excluding hydrogens is 284 g/mol. The molecule has 0 radical (unpaired) electrons. The van der Waals surface area contributed by atoms with Crippen LogP contribution in [0.2, 0.25) is 5.02 Å². The Morgan fingerprint density at radius 1 is 1.19 bits per heavy atom. The lowest BCUT2D eigenvalue weighted by Crippen LogP contribution is -2.31. The largest absolute Gasteiger partial charge is 0.335 e. The summed E-state index contributed by atoms with van der Waals surface area (Å²) in [5.74, 6) is 0.177. The number of amides is 1. The van der Waals surface area contributed by atoms with E-state index in [-0.39, 0.29) is 11.9 Å². The van der Waals surface area contributed by atoms with E-state index in [9.17, 15) is 4.79 Å². The summed E-state index contributed by atoms with van der Waals surface area (Å²) in [7, 11) is 0. The molecule has 4 heteroatoms. The number of hydrogen-bond acceptors (Lipinski definition) is 2. The average Bonchev–Trinajstić information content (AvgIpc) is 3.00. The van der Waals surface area contributed by atoms with E-state index in [2.05, 4.69) is 4.98 Å². The summed E-state index contributed by atoms with van der Waals surface area (Å²) >= 11 is 5.88. The van der Waals surface area contributed by atoms with E-state index in [1.807, 2.05) is 41.3 Å². The molecule has 1 aliphatic rings. The monoisotopic (exact) mass is 300 g/mol. The lowest BCUT2D eigenvalue weighted by molar-refractivity contribution is -0.131. The SMILES string of the molecule is O=C(Cc1ccc(Cl)cc1)N1CCCC1c1ccncc1. The van der Waals surface area contributed by atoms with Crippen LogP contribution < -0.4 is 0 Å². The van der Waals surface area contributed by atoms with Gasteiger partial charge >= 0.3 is 0 Å². The van der Waals surface area contributed by atoms with Gasteiger partial charge in [-0.2, -0.15) is 0 Å². The van der Waals surface area contributed by atoms with Gasteiger partial charge in [0.25, 0.3) is 0 Å². The van der Waals surface area contributed by atoms with Crippen molar-refractivity contribution in [3.63, 3.8) is 0 Å². The van der Waals surface area contributed by atoms with Gasteiger partial charge in [0.05, 0.1) is 12.5 Å². The Morgan fingerprint density at radius 2 is 1.90 bits per heavy atom. The van der Waals surface area contributed by atoms with Crippen molar-refractivity contribution in [3.05, 3.63) is 64.9 Å². The van der Waals surface area contributed by atoms with Crippen LogP contribution in [-0.2, 0) is 11.2 Å². The van der Waals surface area contributed by atoms with Gasteiger partial charge in [-0.1, -0.05) is 23.7 Å². The molecule has 3 rings (SSSR count). The minimum absolute atomic E-state index is 0.177. The number of nitrogens with zero attached hydrogens (tertiary/aromatic N) is 2. The summed E-state index contributed by atoms with van der Waals surface area (Å²) < 4.78 is 0. The van der Waals surface area contributed by atoms with Gasteiger partial charge in [0.15, 0.2) is 0 Å². The zero-order chi connectivity index (χ0) is 14.7. The van der Waals surface area contributed by atoms with Gasteiger partial charge < -0.3 is 4.90 Å². The maximum atomic E-state index is 12.6. The normalized spacial score (nSPS) is 18.0. The highest BCUT2D eigenvalue weighted by atomic mass is 35.5. The smallest absolute Gasteiger partial charge is 0.227 e. The molecule has 21 heavy (non-hydrogen) atoms. The van der Waals surface area contributed by atoms with Crippen LogP contribution >= 0.6 is 11.6 Å². The summed E-state index contributed by atoms with van der Waals surface area (Å²) in [6.45, 7) is 0.833. The van der Waals surface area contributed by atoms with Crippen LogP contribution in [0.1, 0.15) is 30.0 Å². The fourth-order valence-electron chi connectivity index (χ4n) is 2.88. The lowest BCUT2D eigenvalue weighted by Gasteiger charge is -2.25. The van der Waals surface area contributed by atoms with Crippen LogP contribution in [0.3, 0.4) is 0 Å². The molecule has 108 valence electrons. The molecule has 0 aliphatic carbocycles. The third-order valence-corrected chi connectivity index (χ3v) is 4.18. The van der Waals surface area contributed by atoms with E-state index in [4.69, 9.17) is 11.6 Å². The Morgan fingerprint density at radius 3 is 2.62 bits per heavy atom. The molecule has 1 fully saturated rings. The first-order valence-electron chi connectivity index (χ1n) is 7.18.